The molecule has 3 aromatic rings. The van der Waals surface area contributed by atoms with Crippen LogP contribution in [0.4, 0.5) is 5.69 Å². The molecule has 0 aromatic heterocycles. The average Bonchev–Trinajstić information content (AvgIpc) is 2.78. The minimum absolute atomic E-state index is 0.0438. The van der Waals surface area contributed by atoms with Crippen molar-refractivity contribution in [2.24, 2.45) is 0 Å². The molecule has 0 saturated carbocycles. The first-order valence-corrected chi connectivity index (χ1v) is 10.7. The van der Waals surface area contributed by atoms with Gasteiger partial charge in [-0.2, -0.15) is 0 Å². The average molecular weight is 421 g/mol. The number of rotatable bonds is 8. The number of carbonyl (C=O) groups is 2. The Kier molecular flexibility index (Phi) is 7.51. The van der Waals surface area contributed by atoms with Crippen molar-refractivity contribution >= 4 is 29.3 Å². The molecule has 0 spiro atoms. The van der Waals surface area contributed by atoms with Crippen molar-refractivity contribution in [3.05, 3.63) is 78.9 Å². The second-order valence-electron chi connectivity index (χ2n) is 6.68. The molecular weight excluding hydrogens is 396 g/mol. The van der Waals surface area contributed by atoms with Gasteiger partial charge in [-0.25, -0.2) is 0 Å². The Morgan fingerprint density at radius 1 is 0.900 bits per heavy atom. The van der Waals surface area contributed by atoms with Crippen molar-refractivity contribution in [1.82, 2.24) is 4.90 Å². The summed E-state index contributed by atoms with van der Waals surface area (Å²) in [6.45, 7) is -0.173. The van der Waals surface area contributed by atoms with Gasteiger partial charge in [0.25, 0.3) is 5.91 Å². The van der Waals surface area contributed by atoms with Gasteiger partial charge in [0.2, 0.25) is 5.91 Å². The molecule has 0 bridgehead atoms. The van der Waals surface area contributed by atoms with E-state index >= 15 is 0 Å². The van der Waals surface area contributed by atoms with Crippen LogP contribution in [0, 0.1) is 0 Å². The van der Waals surface area contributed by atoms with Crippen LogP contribution in [0.5, 0.6) is 5.75 Å². The summed E-state index contributed by atoms with van der Waals surface area (Å²) >= 11 is 1.55. The summed E-state index contributed by atoms with van der Waals surface area (Å²) in [6.07, 6.45) is 1.95. The van der Waals surface area contributed by atoms with Crippen LogP contribution >= 0.6 is 11.8 Å². The van der Waals surface area contributed by atoms with Crippen LogP contribution in [0.1, 0.15) is 0 Å². The minimum atomic E-state index is -0.268. The maximum absolute atomic E-state index is 12.3. The SMILES string of the molecule is CSc1ccccc1NC(=O)CN(C)C(=O)COc1ccc(-c2ccccc2)cc1. The zero-order chi connectivity index (χ0) is 21.3. The van der Waals surface area contributed by atoms with E-state index in [1.54, 1.807) is 18.8 Å². The first kappa shape index (κ1) is 21.5. The number of benzene rings is 3. The number of anilines is 1. The number of carbonyl (C=O) groups excluding carboxylic acids is 2. The number of likely N-dealkylation sites (N-methyl/N-ethyl adjacent to an activating group) is 1. The molecule has 0 fully saturated rings. The summed E-state index contributed by atoms with van der Waals surface area (Å²) in [5.41, 5.74) is 2.94. The molecule has 0 aliphatic heterocycles. The van der Waals surface area contributed by atoms with Gasteiger partial charge in [0.15, 0.2) is 6.61 Å². The fourth-order valence-electron chi connectivity index (χ4n) is 2.87. The quantitative estimate of drug-likeness (QED) is 0.543. The molecule has 154 valence electrons. The number of ether oxygens (including phenoxy) is 1. The number of thioether (sulfide) groups is 1. The van der Waals surface area contributed by atoms with E-state index in [4.69, 9.17) is 4.74 Å². The van der Waals surface area contributed by atoms with Crippen molar-refractivity contribution < 1.29 is 14.3 Å². The predicted molar refractivity (Wildman–Crippen MR) is 122 cm³/mol. The van der Waals surface area contributed by atoms with Gasteiger partial charge in [-0.15, -0.1) is 11.8 Å². The minimum Gasteiger partial charge on any atom is -0.484 e. The molecule has 0 aliphatic rings. The van der Waals surface area contributed by atoms with E-state index in [0.717, 1.165) is 21.7 Å². The largest absolute Gasteiger partial charge is 0.484 e. The van der Waals surface area contributed by atoms with Crippen LogP contribution in [-0.4, -0.2) is 43.2 Å². The third kappa shape index (κ3) is 5.87. The molecule has 0 saturated heterocycles. The molecule has 0 aliphatic carbocycles. The van der Waals surface area contributed by atoms with Crippen LogP contribution in [0.25, 0.3) is 11.1 Å². The number of amides is 2. The summed E-state index contributed by atoms with van der Waals surface area (Å²) in [5.74, 6) is 0.0878. The van der Waals surface area contributed by atoms with Crippen molar-refractivity contribution in [1.29, 1.82) is 0 Å². The molecule has 5 nitrogen and oxygen atoms in total. The highest BCUT2D eigenvalue weighted by molar-refractivity contribution is 7.98. The lowest BCUT2D eigenvalue weighted by Gasteiger charge is -2.18. The molecule has 3 aromatic carbocycles. The zero-order valence-corrected chi connectivity index (χ0v) is 17.8. The van der Waals surface area contributed by atoms with E-state index in [2.05, 4.69) is 5.32 Å². The maximum Gasteiger partial charge on any atom is 0.260 e. The summed E-state index contributed by atoms with van der Waals surface area (Å²) in [6, 6.07) is 25.2. The lowest BCUT2D eigenvalue weighted by atomic mass is 10.1. The van der Waals surface area contributed by atoms with Crippen molar-refractivity contribution in [2.75, 3.05) is 31.8 Å². The van der Waals surface area contributed by atoms with Gasteiger partial charge in [0.05, 0.1) is 12.2 Å². The zero-order valence-electron chi connectivity index (χ0n) is 17.0. The van der Waals surface area contributed by atoms with Gasteiger partial charge in [-0.05, 0) is 41.6 Å². The summed E-state index contributed by atoms with van der Waals surface area (Å²) < 4.78 is 5.59. The molecule has 0 heterocycles. The van der Waals surface area contributed by atoms with E-state index in [9.17, 15) is 9.59 Å². The van der Waals surface area contributed by atoms with E-state index in [1.807, 2.05) is 85.1 Å². The highest BCUT2D eigenvalue weighted by Crippen LogP contribution is 2.24. The molecule has 30 heavy (non-hydrogen) atoms. The monoisotopic (exact) mass is 420 g/mol. The van der Waals surface area contributed by atoms with Gasteiger partial charge in [0, 0.05) is 11.9 Å². The normalized spacial score (nSPS) is 10.3. The summed E-state index contributed by atoms with van der Waals surface area (Å²) in [7, 11) is 1.59. The summed E-state index contributed by atoms with van der Waals surface area (Å²) in [5, 5.41) is 2.85. The van der Waals surface area contributed by atoms with E-state index in [-0.39, 0.29) is 25.0 Å². The van der Waals surface area contributed by atoms with Crippen molar-refractivity contribution in [3.8, 4) is 16.9 Å². The number of hydrogen-bond donors (Lipinski definition) is 1. The topological polar surface area (TPSA) is 58.6 Å². The van der Waals surface area contributed by atoms with Gasteiger partial charge in [-0.3, -0.25) is 9.59 Å². The molecule has 3 rings (SSSR count). The Hall–Kier alpha value is -3.25. The summed E-state index contributed by atoms with van der Waals surface area (Å²) in [4.78, 5) is 27.0. The lowest BCUT2D eigenvalue weighted by molar-refractivity contribution is -0.135. The first-order valence-electron chi connectivity index (χ1n) is 9.52. The lowest BCUT2D eigenvalue weighted by Crippen LogP contribution is -2.37. The van der Waals surface area contributed by atoms with Crippen molar-refractivity contribution in [2.45, 2.75) is 4.90 Å². The van der Waals surface area contributed by atoms with Crippen LogP contribution in [0.3, 0.4) is 0 Å². The fraction of sp³-hybridized carbons (Fsp3) is 0.167. The van der Waals surface area contributed by atoms with E-state index < -0.39 is 0 Å². The molecular formula is C24H24N2O3S. The fourth-order valence-corrected chi connectivity index (χ4v) is 3.42. The smallest absolute Gasteiger partial charge is 0.260 e. The van der Waals surface area contributed by atoms with Crippen LogP contribution in [0.15, 0.2) is 83.8 Å². The number of nitrogens with one attached hydrogen (secondary N) is 1. The molecule has 0 unspecified atom stereocenters. The van der Waals surface area contributed by atoms with Gasteiger partial charge >= 0.3 is 0 Å². The second kappa shape index (κ2) is 10.5. The van der Waals surface area contributed by atoms with Gasteiger partial charge < -0.3 is 15.0 Å². The molecule has 0 radical (unpaired) electrons. The van der Waals surface area contributed by atoms with E-state index in [0.29, 0.717) is 5.75 Å². The van der Waals surface area contributed by atoms with E-state index in [1.165, 1.54) is 4.90 Å². The van der Waals surface area contributed by atoms with Crippen molar-refractivity contribution in [3.63, 3.8) is 0 Å². The van der Waals surface area contributed by atoms with Gasteiger partial charge in [0.1, 0.15) is 5.75 Å². The van der Waals surface area contributed by atoms with Crippen LogP contribution in [0.2, 0.25) is 0 Å². The Bertz CT molecular complexity index is 991. The third-order valence-electron chi connectivity index (χ3n) is 4.51. The second-order valence-corrected chi connectivity index (χ2v) is 7.53. The Morgan fingerprint density at radius 2 is 1.53 bits per heavy atom. The molecule has 1 N–H and O–H groups in total. The number of para-hydroxylation sites is 1. The molecule has 2 amide bonds. The molecule has 6 heteroatoms. The Labute approximate surface area is 181 Å². The third-order valence-corrected chi connectivity index (χ3v) is 5.31. The molecule has 0 atom stereocenters. The first-order chi connectivity index (χ1) is 14.6. The number of hydrogen-bond acceptors (Lipinski definition) is 4. The maximum atomic E-state index is 12.3. The van der Waals surface area contributed by atoms with Crippen LogP contribution in [-0.2, 0) is 9.59 Å². The number of nitrogens with zero attached hydrogens (tertiary/aromatic N) is 1. The standard InChI is InChI=1S/C24H24N2O3S/c1-26(16-23(27)25-21-10-6-7-11-22(21)30-2)24(28)17-29-20-14-12-19(13-15-20)18-8-4-3-5-9-18/h3-15H,16-17H2,1-2H3,(H,25,27). The predicted octanol–water partition coefficient (Wildman–Crippen LogP) is 4.55. The highest BCUT2D eigenvalue weighted by atomic mass is 32.2. The Balaban J connectivity index is 1.49. The van der Waals surface area contributed by atoms with Crippen LogP contribution < -0.4 is 10.1 Å². The Morgan fingerprint density at radius 3 is 2.23 bits per heavy atom. The van der Waals surface area contributed by atoms with Gasteiger partial charge in [-0.1, -0.05) is 54.6 Å². The highest BCUT2D eigenvalue weighted by Gasteiger charge is 2.14.